The average molecular weight is 372 g/mol. The fraction of sp³-hybridized carbons (Fsp3) is 0.381. The van der Waals surface area contributed by atoms with Gasteiger partial charge in [-0.1, -0.05) is 30.3 Å². The van der Waals surface area contributed by atoms with E-state index in [9.17, 15) is 9.18 Å². The first kappa shape index (κ1) is 19.5. The summed E-state index contributed by atoms with van der Waals surface area (Å²) in [6.07, 6.45) is 0. The predicted molar refractivity (Wildman–Crippen MR) is 102 cm³/mol. The number of halogens is 1. The fourth-order valence-corrected chi connectivity index (χ4v) is 3.29. The molecule has 5 nitrogen and oxygen atoms in total. The minimum Gasteiger partial charge on any atom is -0.494 e. The van der Waals surface area contributed by atoms with Crippen LogP contribution in [0.5, 0.6) is 5.75 Å². The van der Waals surface area contributed by atoms with E-state index in [-0.39, 0.29) is 24.1 Å². The number of ketones is 1. The molecule has 27 heavy (non-hydrogen) atoms. The summed E-state index contributed by atoms with van der Waals surface area (Å²) in [6.45, 7) is 3.94. The molecule has 3 rings (SSSR count). The lowest BCUT2D eigenvalue weighted by Crippen LogP contribution is -2.43. The Hall–Kier alpha value is -2.28. The number of hydrogen-bond acceptors (Lipinski definition) is 5. The summed E-state index contributed by atoms with van der Waals surface area (Å²) in [5.41, 5.74) is 1.54. The number of carbonyl (C=O) groups is 1. The summed E-state index contributed by atoms with van der Waals surface area (Å²) in [5, 5.41) is 3.24. The number of methoxy groups -OCH3 is 1. The van der Waals surface area contributed by atoms with Crippen molar-refractivity contribution in [2.24, 2.45) is 0 Å². The number of carbonyl (C=O) groups excluding carboxylic acids is 1. The summed E-state index contributed by atoms with van der Waals surface area (Å²) in [6, 6.07) is 14.7. The number of benzene rings is 2. The average Bonchev–Trinajstić information content (AvgIpc) is 2.72. The first-order valence-electron chi connectivity index (χ1n) is 9.13. The van der Waals surface area contributed by atoms with Crippen molar-refractivity contribution in [2.75, 3.05) is 46.5 Å². The number of hydrogen-bond donors (Lipinski definition) is 1. The van der Waals surface area contributed by atoms with Crippen molar-refractivity contribution in [3.05, 3.63) is 65.5 Å². The molecular weight excluding hydrogens is 347 g/mol. The highest BCUT2D eigenvalue weighted by Crippen LogP contribution is 2.21. The van der Waals surface area contributed by atoms with Crippen molar-refractivity contribution in [2.45, 2.75) is 6.04 Å². The molecule has 1 atom stereocenters. The lowest BCUT2D eigenvalue weighted by atomic mass is 10.0. The maximum Gasteiger partial charge on any atom is 0.176 e. The summed E-state index contributed by atoms with van der Waals surface area (Å²) in [4.78, 5) is 14.8. The van der Waals surface area contributed by atoms with E-state index in [4.69, 9.17) is 9.47 Å². The standard InChI is InChI=1S/C21H25FN2O3/c1-26-21-8-7-17(13-18(21)22)20(25)15-23-14-19(16-5-3-2-4-6-16)24-9-11-27-12-10-24/h2-8,13,19,23H,9-12,14-15H2,1H3. The molecule has 2 aromatic carbocycles. The van der Waals surface area contributed by atoms with Crippen LogP contribution in [-0.2, 0) is 4.74 Å². The van der Waals surface area contributed by atoms with E-state index in [1.165, 1.54) is 24.8 Å². The van der Waals surface area contributed by atoms with Crippen LogP contribution < -0.4 is 10.1 Å². The maximum absolute atomic E-state index is 13.8. The molecule has 1 saturated heterocycles. The smallest absolute Gasteiger partial charge is 0.176 e. The van der Waals surface area contributed by atoms with Crippen LogP contribution in [0.25, 0.3) is 0 Å². The largest absolute Gasteiger partial charge is 0.494 e. The van der Waals surface area contributed by atoms with Crippen LogP contribution in [0.2, 0.25) is 0 Å². The minimum absolute atomic E-state index is 0.135. The second-order valence-corrected chi connectivity index (χ2v) is 6.48. The number of ether oxygens (including phenoxy) is 2. The SMILES string of the molecule is COc1ccc(C(=O)CNCC(c2ccccc2)N2CCOCC2)cc1F. The Balaban J connectivity index is 1.61. The molecule has 1 aliphatic rings. The number of rotatable bonds is 8. The van der Waals surface area contributed by atoms with Gasteiger partial charge in [0.25, 0.3) is 0 Å². The zero-order valence-corrected chi connectivity index (χ0v) is 15.5. The summed E-state index contributed by atoms with van der Waals surface area (Å²) in [7, 11) is 1.40. The molecule has 0 saturated carbocycles. The van der Waals surface area contributed by atoms with Crippen LogP contribution in [0.1, 0.15) is 22.0 Å². The molecule has 0 bridgehead atoms. The molecule has 1 fully saturated rings. The highest BCUT2D eigenvalue weighted by atomic mass is 19.1. The zero-order chi connectivity index (χ0) is 19.1. The highest BCUT2D eigenvalue weighted by Gasteiger charge is 2.22. The van der Waals surface area contributed by atoms with E-state index in [1.807, 2.05) is 18.2 Å². The van der Waals surface area contributed by atoms with Crippen molar-refractivity contribution in [3.63, 3.8) is 0 Å². The highest BCUT2D eigenvalue weighted by molar-refractivity contribution is 5.97. The van der Waals surface area contributed by atoms with Crippen LogP contribution in [0.4, 0.5) is 4.39 Å². The van der Waals surface area contributed by atoms with Gasteiger partial charge < -0.3 is 14.8 Å². The molecule has 2 aromatic rings. The topological polar surface area (TPSA) is 50.8 Å². The number of nitrogens with zero attached hydrogens (tertiary/aromatic N) is 1. The third kappa shape index (κ3) is 5.13. The second-order valence-electron chi connectivity index (χ2n) is 6.48. The molecule has 1 aliphatic heterocycles. The van der Waals surface area contributed by atoms with Crippen LogP contribution in [0.15, 0.2) is 48.5 Å². The fourth-order valence-electron chi connectivity index (χ4n) is 3.29. The molecule has 0 radical (unpaired) electrons. The van der Waals surface area contributed by atoms with Crippen molar-refractivity contribution in [3.8, 4) is 5.75 Å². The van der Waals surface area contributed by atoms with E-state index in [1.54, 1.807) is 6.07 Å². The van der Waals surface area contributed by atoms with Gasteiger partial charge in [0.1, 0.15) is 0 Å². The second kappa shape index (κ2) is 9.60. The van der Waals surface area contributed by atoms with E-state index in [0.717, 1.165) is 13.1 Å². The van der Waals surface area contributed by atoms with Gasteiger partial charge in [0, 0.05) is 31.2 Å². The monoisotopic (exact) mass is 372 g/mol. The zero-order valence-electron chi connectivity index (χ0n) is 15.5. The van der Waals surface area contributed by atoms with Gasteiger partial charge in [-0.15, -0.1) is 0 Å². The Kier molecular flexibility index (Phi) is 6.92. The third-order valence-corrected chi connectivity index (χ3v) is 4.77. The van der Waals surface area contributed by atoms with Crippen molar-refractivity contribution in [1.82, 2.24) is 10.2 Å². The Labute approximate surface area is 159 Å². The van der Waals surface area contributed by atoms with E-state index in [0.29, 0.717) is 25.3 Å². The molecule has 1 unspecified atom stereocenters. The van der Waals surface area contributed by atoms with Gasteiger partial charge in [0.2, 0.25) is 0 Å². The Bertz CT molecular complexity index is 748. The maximum atomic E-state index is 13.8. The summed E-state index contributed by atoms with van der Waals surface area (Å²) >= 11 is 0. The van der Waals surface area contributed by atoms with Crippen molar-refractivity contribution in [1.29, 1.82) is 0 Å². The van der Waals surface area contributed by atoms with Gasteiger partial charge in [-0.3, -0.25) is 9.69 Å². The number of nitrogens with one attached hydrogen (secondary N) is 1. The Morgan fingerprint density at radius 1 is 1.22 bits per heavy atom. The van der Waals surface area contributed by atoms with Gasteiger partial charge in [0.15, 0.2) is 17.3 Å². The van der Waals surface area contributed by atoms with Crippen molar-refractivity contribution >= 4 is 5.78 Å². The Morgan fingerprint density at radius 3 is 2.63 bits per heavy atom. The molecule has 6 heteroatoms. The van der Waals surface area contributed by atoms with Gasteiger partial charge in [-0.2, -0.15) is 0 Å². The predicted octanol–water partition coefficient (Wildman–Crippen LogP) is 2.68. The van der Waals surface area contributed by atoms with Crippen LogP contribution in [-0.4, -0.2) is 57.2 Å². The van der Waals surface area contributed by atoms with Gasteiger partial charge in [-0.05, 0) is 23.8 Å². The molecule has 0 spiro atoms. The summed E-state index contributed by atoms with van der Waals surface area (Å²) in [5.74, 6) is -0.542. The lowest BCUT2D eigenvalue weighted by Gasteiger charge is -2.35. The van der Waals surface area contributed by atoms with Gasteiger partial charge >= 0.3 is 0 Å². The van der Waals surface area contributed by atoms with Gasteiger partial charge in [0.05, 0.1) is 26.9 Å². The molecule has 0 amide bonds. The normalized spacial score (nSPS) is 16.1. The number of morpholine rings is 1. The van der Waals surface area contributed by atoms with E-state index >= 15 is 0 Å². The first-order chi connectivity index (χ1) is 13.2. The van der Waals surface area contributed by atoms with E-state index < -0.39 is 5.82 Å². The Morgan fingerprint density at radius 2 is 1.96 bits per heavy atom. The third-order valence-electron chi connectivity index (χ3n) is 4.77. The summed E-state index contributed by atoms with van der Waals surface area (Å²) < 4.78 is 24.2. The quantitative estimate of drug-likeness (QED) is 0.722. The van der Waals surface area contributed by atoms with Gasteiger partial charge in [-0.25, -0.2) is 4.39 Å². The first-order valence-corrected chi connectivity index (χ1v) is 9.13. The molecular formula is C21H25FN2O3. The van der Waals surface area contributed by atoms with Crippen molar-refractivity contribution < 1.29 is 18.7 Å². The lowest BCUT2D eigenvalue weighted by molar-refractivity contribution is 0.0162. The van der Waals surface area contributed by atoms with E-state index in [2.05, 4.69) is 22.3 Å². The molecule has 1 N–H and O–H groups in total. The number of Topliss-reactive ketones (excluding diaryl/α,β-unsaturated/α-hetero) is 1. The molecule has 1 heterocycles. The van der Waals surface area contributed by atoms with Crippen LogP contribution >= 0.6 is 0 Å². The molecule has 0 aliphatic carbocycles. The molecule has 144 valence electrons. The minimum atomic E-state index is -0.529. The van der Waals surface area contributed by atoms with Crippen LogP contribution in [0, 0.1) is 5.82 Å². The van der Waals surface area contributed by atoms with Crippen LogP contribution in [0.3, 0.4) is 0 Å². The molecule has 0 aromatic heterocycles.